The van der Waals surface area contributed by atoms with Gasteiger partial charge < -0.3 is 9.84 Å². The van der Waals surface area contributed by atoms with Gasteiger partial charge in [0, 0.05) is 5.56 Å². The summed E-state index contributed by atoms with van der Waals surface area (Å²) in [6.45, 7) is 0.282. The summed E-state index contributed by atoms with van der Waals surface area (Å²) in [5, 5.41) is 9.25. The minimum Gasteiger partial charge on any atom is -0.494 e. The van der Waals surface area contributed by atoms with E-state index in [1.54, 1.807) is 6.07 Å². The molecule has 0 aliphatic heterocycles. The van der Waals surface area contributed by atoms with Crippen LogP contribution in [-0.4, -0.2) is 17.7 Å². The molecule has 2 aromatic carbocycles. The van der Waals surface area contributed by atoms with E-state index in [4.69, 9.17) is 4.74 Å². The lowest BCUT2D eigenvalue weighted by molar-refractivity contribution is -0.139. The Labute approximate surface area is 127 Å². The molecule has 0 aliphatic carbocycles. The summed E-state index contributed by atoms with van der Waals surface area (Å²) in [5.41, 5.74) is 0.178. The minimum atomic E-state index is -1.06. The van der Waals surface area contributed by atoms with E-state index in [0.29, 0.717) is 12.2 Å². The van der Waals surface area contributed by atoms with E-state index in [0.717, 1.165) is 0 Å². The molecule has 0 fully saturated rings. The highest BCUT2D eigenvalue weighted by Crippen LogP contribution is 2.24. The Bertz CT molecular complexity index is 626. The Morgan fingerprint density at radius 1 is 1.09 bits per heavy atom. The maximum atomic E-state index is 13.7. The summed E-state index contributed by atoms with van der Waals surface area (Å²) in [6, 6.07) is 11.4. The highest BCUT2D eigenvalue weighted by Gasteiger charge is 2.22. The van der Waals surface area contributed by atoms with Crippen LogP contribution in [0, 0.1) is 11.6 Å². The van der Waals surface area contributed by atoms with Crippen LogP contribution in [0.3, 0.4) is 0 Å². The second kappa shape index (κ2) is 7.54. The summed E-state index contributed by atoms with van der Waals surface area (Å²) < 4.78 is 31.8. The number of aliphatic carboxylic acids is 1. The van der Waals surface area contributed by atoms with Crippen LogP contribution >= 0.6 is 0 Å². The fourth-order valence-corrected chi connectivity index (χ4v) is 2.18. The Morgan fingerprint density at radius 3 is 2.41 bits per heavy atom. The second-order valence-corrected chi connectivity index (χ2v) is 4.86. The van der Waals surface area contributed by atoms with Gasteiger partial charge in [0.2, 0.25) is 0 Å². The van der Waals surface area contributed by atoms with E-state index < -0.39 is 17.7 Å². The van der Waals surface area contributed by atoms with Crippen LogP contribution in [0.5, 0.6) is 5.75 Å². The molecule has 0 heterocycles. The van der Waals surface area contributed by atoms with Gasteiger partial charge in [-0.25, -0.2) is 8.78 Å². The molecule has 0 aliphatic rings. The Hall–Kier alpha value is -2.43. The number of hydrogen-bond acceptors (Lipinski definition) is 2. The van der Waals surface area contributed by atoms with Crippen LogP contribution in [-0.2, 0) is 4.79 Å². The zero-order valence-electron chi connectivity index (χ0n) is 11.8. The third kappa shape index (κ3) is 4.28. The van der Waals surface area contributed by atoms with Crippen molar-refractivity contribution in [1.82, 2.24) is 0 Å². The fourth-order valence-electron chi connectivity index (χ4n) is 2.18. The number of carbonyl (C=O) groups is 1. The number of ether oxygens (including phenoxy) is 1. The van der Waals surface area contributed by atoms with Crippen LogP contribution in [0.15, 0.2) is 48.5 Å². The molecule has 3 nitrogen and oxygen atoms in total. The average molecular weight is 306 g/mol. The summed E-state index contributed by atoms with van der Waals surface area (Å²) in [7, 11) is 0. The predicted octanol–water partition coefficient (Wildman–Crippen LogP) is 3.99. The van der Waals surface area contributed by atoms with E-state index in [2.05, 4.69) is 0 Å². The summed E-state index contributed by atoms with van der Waals surface area (Å²) in [5.74, 6) is -2.32. The van der Waals surface area contributed by atoms with Crippen molar-refractivity contribution < 1.29 is 23.4 Å². The summed E-state index contributed by atoms with van der Waals surface area (Å²) in [4.78, 5) is 11.3. The number of rotatable bonds is 7. The zero-order valence-corrected chi connectivity index (χ0v) is 11.8. The Morgan fingerprint density at radius 2 is 1.77 bits per heavy atom. The molecule has 0 saturated heterocycles. The molecule has 0 radical (unpaired) electrons. The lowest BCUT2D eigenvalue weighted by atomic mass is 9.94. The Kier molecular flexibility index (Phi) is 5.47. The SMILES string of the molecule is O=C(O)C(CCCOc1ccc(F)cc1)c1ccccc1F. The number of carboxylic acids is 1. The van der Waals surface area contributed by atoms with E-state index in [1.807, 2.05) is 0 Å². The third-order valence-corrected chi connectivity index (χ3v) is 3.30. The number of hydrogen-bond donors (Lipinski definition) is 1. The van der Waals surface area contributed by atoms with Crippen molar-refractivity contribution >= 4 is 5.97 Å². The van der Waals surface area contributed by atoms with Gasteiger partial charge in [-0.15, -0.1) is 0 Å². The largest absolute Gasteiger partial charge is 0.494 e. The van der Waals surface area contributed by atoms with E-state index in [-0.39, 0.29) is 24.4 Å². The normalized spacial score (nSPS) is 11.9. The first kappa shape index (κ1) is 15.9. The van der Waals surface area contributed by atoms with Gasteiger partial charge in [0.05, 0.1) is 12.5 Å². The van der Waals surface area contributed by atoms with Crippen molar-refractivity contribution in [3.8, 4) is 5.75 Å². The van der Waals surface area contributed by atoms with Gasteiger partial charge >= 0.3 is 5.97 Å². The highest BCUT2D eigenvalue weighted by atomic mass is 19.1. The first-order valence-corrected chi connectivity index (χ1v) is 6.93. The number of carboxylic acid groups (broad SMARTS) is 1. The van der Waals surface area contributed by atoms with Crippen molar-refractivity contribution in [2.75, 3.05) is 6.61 Å². The standard InChI is InChI=1S/C17H16F2O3/c18-12-7-9-13(10-8-12)22-11-3-5-15(17(20)21)14-4-1-2-6-16(14)19/h1-2,4,6-10,15H,3,5,11H2,(H,20,21). The van der Waals surface area contributed by atoms with Crippen molar-refractivity contribution in [3.63, 3.8) is 0 Å². The van der Waals surface area contributed by atoms with Crippen molar-refractivity contribution in [3.05, 3.63) is 65.7 Å². The van der Waals surface area contributed by atoms with Crippen molar-refractivity contribution in [2.45, 2.75) is 18.8 Å². The lowest BCUT2D eigenvalue weighted by Crippen LogP contribution is -2.14. The van der Waals surface area contributed by atoms with E-state index in [9.17, 15) is 18.7 Å². The number of halogens is 2. The van der Waals surface area contributed by atoms with Gasteiger partial charge in [0.1, 0.15) is 17.4 Å². The molecule has 0 bridgehead atoms. The molecule has 1 atom stereocenters. The van der Waals surface area contributed by atoms with Crippen molar-refractivity contribution in [2.24, 2.45) is 0 Å². The van der Waals surface area contributed by atoms with Crippen LogP contribution < -0.4 is 4.74 Å². The molecular formula is C17H16F2O3. The molecule has 0 amide bonds. The molecule has 2 rings (SSSR count). The topological polar surface area (TPSA) is 46.5 Å². The van der Waals surface area contributed by atoms with Gasteiger partial charge in [0.15, 0.2) is 0 Å². The van der Waals surface area contributed by atoms with Gasteiger partial charge in [0.25, 0.3) is 0 Å². The molecule has 1 N–H and O–H groups in total. The summed E-state index contributed by atoms with van der Waals surface area (Å²) >= 11 is 0. The van der Waals surface area contributed by atoms with Crippen LogP contribution in [0.25, 0.3) is 0 Å². The average Bonchev–Trinajstić information content (AvgIpc) is 2.50. The molecule has 2 aromatic rings. The Balaban J connectivity index is 1.89. The van der Waals surface area contributed by atoms with Gasteiger partial charge in [-0.05, 0) is 43.2 Å². The summed E-state index contributed by atoms with van der Waals surface area (Å²) in [6.07, 6.45) is 0.708. The zero-order chi connectivity index (χ0) is 15.9. The molecular weight excluding hydrogens is 290 g/mol. The smallest absolute Gasteiger partial charge is 0.311 e. The molecule has 1 unspecified atom stereocenters. The molecule has 5 heteroatoms. The van der Waals surface area contributed by atoms with Gasteiger partial charge in [-0.3, -0.25) is 4.79 Å². The van der Waals surface area contributed by atoms with Gasteiger partial charge in [-0.1, -0.05) is 18.2 Å². The van der Waals surface area contributed by atoms with Crippen LogP contribution in [0.1, 0.15) is 24.3 Å². The lowest BCUT2D eigenvalue weighted by Gasteiger charge is -2.14. The minimum absolute atomic E-state index is 0.178. The second-order valence-electron chi connectivity index (χ2n) is 4.86. The first-order valence-electron chi connectivity index (χ1n) is 6.93. The maximum Gasteiger partial charge on any atom is 0.311 e. The van der Waals surface area contributed by atoms with Crippen LogP contribution in [0.2, 0.25) is 0 Å². The van der Waals surface area contributed by atoms with Crippen molar-refractivity contribution in [1.29, 1.82) is 0 Å². The number of benzene rings is 2. The van der Waals surface area contributed by atoms with E-state index >= 15 is 0 Å². The van der Waals surface area contributed by atoms with Crippen LogP contribution in [0.4, 0.5) is 8.78 Å². The molecule has 22 heavy (non-hydrogen) atoms. The first-order chi connectivity index (χ1) is 10.6. The molecule has 0 saturated carbocycles. The van der Waals surface area contributed by atoms with E-state index in [1.165, 1.54) is 42.5 Å². The maximum absolute atomic E-state index is 13.7. The fraction of sp³-hybridized carbons (Fsp3) is 0.235. The molecule has 116 valence electrons. The highest BCUT2D eigenvalue weighted by molar-refractivity contribution is 5.76. The molecule has 0 spiro atoms. The predicted molar refractivity (Wildman–Crippen MR) is 77.9 cm³/mol. The van der Waals surface area contributed by atoms with Gasteiger partial charge in [-0.2, -0.15) is 0 Å². The molecule has 0 aromatic heterocycles. The quantitative estimate of drug-likeness (QED) is 0.787. The monoisotopic (exact) mass is 306 g/mol. The third-order valence-electron chi connectivity index (χ3n) is 3.30.